The molecule has 1 N–H and O–H groups in total. The van der Waals surface area contributed by atoms with E-state index >= 15 is 0 Å². The van der Waals surface area contributed by atoms with Crippen LogP contribution < -0.4 is 10.1 Å². The zero-order valence-corrected chi connectivity index (χ0v) is 17.8. The molecule has 0 atom stereocenters. The number of carbonyl (C=O) groups is 1. The summed E-state index contributed by atoms with van der Waals surface area (Å²) in [5, 5.41) is 9.41. The molecule has 4 aromatic rings. The van der Waals surface area contributed by atoms with Crippen molar-refractivity contribution in [2.75, 3.05) is 12.4 Å². The molecular formula is C24H18F4N4O2. The first-order chi connectivity index (χ1) is 16.3. The molecule has 4 rings (SSSR count). The summed E-state index contributed by atoms with van der Waals surface area (Å²) in [5.74, 6) is -1.14. The van der Waals surface area contributed by atoms with Crippen LogP contribution in [0.15, 0.2) is 72.8 Å². The fraction of sp³-hybridized carbons (Fsp3) is 0.125. The van der Waals surface area contributed by atoms with Gasteiger partial charge < -0.3 is 10.1 Å². The second-order valence-corrected chi connectivity index (χ2v) is 7.32. The van der Waals surface area contributed by atoms with Crippen LogP contribution in [0.1, 0.15) is 27.3 Å². The molecule has 1 amide bonds. The van der Waals surface area contributed by atoms with Crippen LogP contribution in [0.25, 0.3) is 5.69 Å². The average molecular weight is 470 g/mol. The first-order valence-corrected chi connectivity index (χ1v) is 10.1. The summed E-state index contributed by atoms with van der Waals surface area (Å²) in [7, 11) is 1.51. The Morgan fingerprint density at radius 3 is 2.38 bits per heavy atom. The lowest BCUT2D eigenvalue weighted by Crippen LogP contribution is -2.21. The van der Waals surface area contributed by atoms with Crippen LogP contribution in [-0.2, 0) is 12.6 Å². The van der Waals surface area contributed by atoms with Crippen molar-refractivity contribution in [2.45, 2.75) is 12.6 Å². The highest BCUT2D eigenvalue weighted by molar-refractivity contribution is 6.03. The predicted molar refractivity (Wildman–Crippen MR) is 117 cm³/mol. The van der Waals surface area contributed by atoms with Crippen LogP contribution in [0.5, 0.6) is 5.75 Å². The quantitative estimate of drug-likeness (QED) is 0.390. The van der Waals surface area contributed by atoms with Gasteiger partial charge in [-0.2, -0.15) is 13.2 Å². The Morgan fingerprint density at radius 2 is 1.74 bits per heavy atom. The SMILES string of the molecule is COc1ccc(NC(=O)c2nnn(-c3ccc(F)cc3)c2C(F)(F)F)cc1Cc1ccccc1. The average Bonchev–Trinajstić information content (AvgIpc) is 3.27. The monoisotopic (exact) mass is 470 g/mol. The number of ether oxygens (including phenoxy) is 1. The minimum atomic E-state index is -4.94. The van der Waals surface area contributed by atoms with Crippen molar-refractivity contribution < 1.29 is 27.1 Å². The Balaban J connectivity index is 1.65. The molecule has 0 fully saturated rings. The van der Waals surface area contributed by atoms with Gasteiger partial charge in [0.25, 0.3) is 5.91 Å². The molecule has 1 aromatic heterocycles. The standard InChI is InChI=1S/C24H18F4N4O2/c1-34-20-12-9-18(14-16(20)13-15-5-3-2-4-6-15)29-23(33)21-22(24(26,27)28)32(31-30-21)19-10-7-17(25)8-11-19/h2-12,14H,13H2,1H3,(H,29,33). The number of carbonyl (C=O) groups excluding carboxylic acids is 1. The molecule has 0 bridgehead atoms. The molecular weight excluding hydrogens is 452 g/mol. The van der Waals surface area contributed by atoms with E-state index in [1.807, 2.05) is 30.3 Å². The normalized spacial score (nSPS) is 11.3. The predicted octanol–water partition coefficient (Wildman–Crippen LogP) is 5.28. The van der Waals surface area contributed by atoms with E-state index in [0.717, 1.165) is 35.4 Å². The van der Waals surface area contributed by atoms with Gasteiger partial charge in [0, 0.05) is 17.7 Å². The largest absolute Gasteiger partial charge is 0.496 e. The van der Waals surface area contributed by atoms with Crippen molar-refractivity contribution in [2.24, 2.45) is 0 Å². The van der Waals surface area contributed by atoms with Gasteiger partial charge in [-0.15, -0.1) is 5.10 Å². The number of anilines is 1. The molecule has 0 radical (unpaired) electrons. The van der Waals surface area contributed by atoms with E-state index in [2.05, 4.69) is 15.6 Å². The number of nitrogens with zero attached hydrogens (tertiary/aromatic N) is 3. The van der Waals surface area contributed by atoms with Crippen LogP contribution in [-0.4, -0.2) is 28.0 Å². The summed E-state index contributed by atoms with van der Waals surface area (Å²) >= 11 is 0. The first kappa shape index (κ1) is 23.0. The van der Waals surface area contributed by atoms with Crippen molar-refractivity contribution in [3.8, 4) is 11.4 Å². The molecule has 0 aliphatic rings. The Hall–Kier alpha value is -4.21. The van der Waals surface area contributed by atoms with E-state index in [9.17, 15) is 22.4 Å². The smallest absolute Gasteiger partial charge is 0.435 e. The van der Waals surface area contributed by atoms with Gasteiger partial charge in [0.15, 0.2) is 11.4 Å². The molecule has 3 aromatic carbocycles. The van der Waals surface area contributed by atoms with Gasteiger partial charge in [-0.3, -0.25) is 4.79 Å². The summed E-state index contributed by atoms with van der Waals surface area (Å²) in [5.41, 5.74) is -0.369. The van der Waals surface area contributed by atoms with E-state index in [-0.39, 0.29) is 11.4 Å². The van der Waals surface area contributed by atoms with E-state index in [1.54, 1.807) is 12.1 Å². The summed E-state index contributed by atoms with van der Waals surface area (Å²) < 4.78 is 60.6. The maximum absolute atomic E-state index is 13.8. The molecule has 34 heavy (non-hydrogen) atoms. The number of hydrogen-bond donors (Lipinski definition) is 1. The summed E-state index contributed by atoms with van der Waals surface area (Å²) in [6.07, 6.45) is -4.45. The highest BCUT2D eigenvalue weighted by Crippen LogP contribution is 2.33. The van der Waals surface area contributed by atoms with Gasteiger partial charge in [0.05, 0.1) is 12.8 Å². The van der Waals surface area contributed by atoms with Gasteiger partial charge >= 0.3 is 6.18 Å². The van der Waals surface area contributed by atoms with Gasteiger partial charge in [-0.1, -0.05) is 35.5 Å². The molecule has 0 saturated heterocycles. The van der Waals surface area contributed by atoms with E-state index in [0.29, 0.717) is 16.9 Å². The lowest BCUT2D eigenvalue weighted by molar-refractivity contribution is -0.143. The topological polar surface area (TPSA) is 69.0 Å². The van der Waals surface area contributed by atoms with E-state index in [4.69, 9.17) is 4.74 Å². The van der Waals surface area contributed by atoms with Crippen molar-refractivity contribution in [3.63, 3.8) is 0 Å². The van der Waals surface area contributed by atoms with Crippen LogP contribution >= 0.6 is 0 Å². The summed E-state index contributed by atoms with van der Waals surface area (Å²) in [6, 6.07) is 18.5. The Kier molecular flexibility index (Phi) is 6.31. The van der Waals surface area contributed by atoms with Crippen molar-refractivity contribution in [3.05, 3.63) is 101 Å². The van der Waals surface area contributed by atoms with Gasteiger partial charge in [-0.25, -0.2) is 9.07 Å². The molecule has 0 saturated carbocycles. The molecule has 0 aliphatic carbocycles. The van der Waals surface area contributed by atoms with Crippen LogP contribution in [0, 0.1) is 5.82 Å². The van der Waals surface area contributed by atoms with Crippen LogP contribution in [0.4, 0.5) is 23.2 Å². The van der Waals surface area contributed by atoms with E-state index < -0.39 is 29.3 Å². The van der Waals surface area contributed by atoms with Gasteiger partial charge in [-0.05, 0) is 48.0 Å². The van der Waals surface area contributed by atoms with Gasteiger partial charge in [0.2, 0.25) is 0 Å². The number of nitrogens with one attached hydrogen (secondary N) is 1. The van der Waals surface area contributed by atoms with Gasteiger partial charge in [0.1, 0.15) is 11.6 Å². The minimum absolute atomic E-state index is 0.0881. The molecule has 10 heteroatoms. The Morgan fingerprint density at radius 1 is 1.03 bits per heavy atom. The summed E-state index contributed by atoms with van der Waals surface area (Å²) in [6.45, 7) is 0. The number of hydrogen-bond acceptors (Lipinski definition) is 4. The fourth-order valence-corrected chi connectivity index (χ4v) is 3.45. The Bertz CT molecular complexity index is 1300. The fourth-order valence-electron chi connectivity index (χ4n) is 3.45. The maximum Gasteiger partial charge on any atom is 0.435 e. The lowest BCUT2D eigenvalue weighted by Gasteiger charge is -2.13. The number of methoxy groups -OCH3 is 1. The van der Waals surface area contributed by atoms with Crippen LogP contribution in [0.3, 0.4) is 0 Å². The number of rotatable bonds is 6. The second-order valence-electron chi connectivity index (χ2n) is 7.32. The third-order valence-corrected chi connectivity index (χ3v) is 5.00. The number of halogens is 4. The minimum Gasteiger partial charge on any atom is -0.496 e. The maximum atomic E-state index is 13.8. The highest BCUT2D eigenvalue weighted by Gasteiger charge is 2.42. The van der Waals surface area contributed by atoms with Crippen LogP contribution in [0.2, 0.25) is 0 Å². The van der Waals surface area contributed by atoms with Crippen molar-refractivity contribution in [1.82, 2.24) is 15.0 Å². The lowest BCUT2D eigenvalue weighted by atomic mass is 10.0. The molecule has 6 nitrogen and oxygen atoms in total. The molecule has 1 heterocycles. The number of benzene rings is 3. The molecule has 0 unspecified atom stereocenters. The highest BCUT2D eigenvalue weighted by atomic mass is 19.4. The molecule has 0 spiro atoms. The number of aromatic nitrogens is 3. The second kappa shape index (κ2) is 9.34. The van der Waals surface area contributed by atoms with E-state index in [1.165, 1.54) is 13.2 Å². The first-order valence-electron chi connectivity index (χ1n) is 10.1. The Labute approximate surface area is 191 Å². The third kappa shape index (κ3) is 4.90. The zero-order chi connectivity index (χ0) is 24.3. The third-order valence-electron chi connectivity index (χ3n) is 5.00. The number of alkyl halides is 3. The van der Waals surface area contributed by atoms with Crippen molar-refractivity contribution >= 4 is 11.6 Å². The number of amides is 1. The zero-order valence-electron chi connectivity index (χ0n) is 17.8. The molecule has 0 aliphatic heterocycles. The summed E-state index contributed by atoms with van der Waals surface area (Å²) in [4.78, 5) is 12.8. The van der Waals surface area contributed by atoms with Crippen molar-refractivity contribution in [1.29, 1.82) is 0 Å². The molecule has 174 valence electrons.